The van der Waals surface area contributed by atoms with Gasteiger partial charge in [-0.3, -0.25) is 19.3 Å². The van der Waals surface area contributed by atoms with Gasteiger partial charge in [0.05, 0.1) is 18.4 Å². The zero-order valence-electron chi connectivity index (χ0n) is 19.9. The minimum Gasteiger partial charge on any atom is -0.496 e. The molecule has 0 saturated carbocycles. The van der Waals surface area contributed by atoms with Crippen molar-refractivity contribution < 1.29 is 29.0 Å². The molecule has 3 amide bonds. The first kappa shape index (κ1) is 24.3. The van der Waals surface area contributed by atoms with Gasteiger partial charge in [0, 0.05) is 6.42 Å². The van der Waals surface area contributed by atoms with Crippen LogP contribution in [0.15, 0.2) is 42.5 Å². The van der Waals surface area contributed by atoms with Gasteiger partial charge in [0.2, 0.25) is 11.8 Å². The number of anilines is 1. The zero-order chi connectivity index (χ0) is 25.3. The SMILES string of the molecule is COc1ccccc1C(=O)N[C@H](C(=O)N[C@H]1CCc2cccc3c2N(C1=O)[C@H](C(=O)O)C3)C(C)C. The Kier molecular flexibility index (Phi) is 6.77. The van der Waals surface area contributed by atoms with E-state index in [2.05, 4.69) is 10.6 Å². The fourth-order valence-corrected chi connectivity index (χ4v) is 4.81. The topological polar surface area (TPSA) is 125 Å². The maximum Gasteiger partial charge on any atom is 0.327 e. The molecule has 9 nitrogen and oxygen atoms in total. The molecule has 2 aliphatic rings. The van der Waals surface area contributed by atoms with Crippen LogP contribution in [0.3, 0.4) is 0 Å². The number of ether oxygens (including phenoxy) is 1. The van der Waals surface area contributed by atoms with E-state index < -0.39 is 41.8 Å². The number of hydrogen-bond acceptors (Lipinski definition) is 5. The smallest absolute Gasteiger partial charge is 0.327 e. The standard InChI is InChI=1S/C26H29N3O6/c1-14(2)21(28-23(30)17-9-4-5-10-20(17)35-3)24(31)27-18-12-11-15-7-6-8-16-13-19(26(33)34)29(22(15)16)25(18)32/h4-10,14,18-19,21H,11-13H2,1-3H3,(H,27,31)(H,28,30)(H,33,34)/t18-,19-,21-/m0/s1. The molecule has 0 bridgehead atoms. The number of carboxylic acid groups (broad SMARTS) is 1. The van der Waals surface area contributed by atoms with Crippen molar-refractivity contribution in [3.8, 4) is 5.75 Å². The summed E-state index contributed by atoms with van der Waals surface area (Å²) < 4.78 is 5.25. The van der Waals surface area contributed by atoms with Crippen LogP contribution in [0.25, 0.3) is 0 Å². The average molecular weight is 480 g/mol. The number of aryl methyl sites for hydroxylation is 1. The van der Waals surface area contributed by atoms with Crippen molar-refractivity contribution in [2.45, 2.75) is 51.2 Å². The van der Waals surface area contributed by atoms with Gasteiger partial charge >= 0.3 is 5.97 Å². The highest BCUT2D eigenvalue weighted by Gasteiger charge is 2.44. The molecule has 2 heterocycles. The molecule has 0 saturated heterocycles. The van der Waals surface area contributed by atoms with Crippen molar-refractivity contribution in [2.24, 2.45) is 5.92 Å². The molecule has 0 aromatic heterocycles. The third-order valence-corrected chi connectivity index (χ3v) is 6.60. The van der Waals surface area contributed by atoms with E-state index >= 15 is 0 Å². The lowest BCUT2D eigenvalue weighted by Gasteiger charge is -2.28. The first-order valence-corrected chi connectivity index (χ1v) is 11.6. The Morgan fingerprint density at radius 1 is 1.09 bits per heavy atom. The number of benzene rings is 2. The van der Waals surface area contributed by atoms with E-state index in [9.17, 15) is 24.3 Å². The average Bonchev–Trinajstić information content (AvgIpc) is 3.18. The van der Waals surface area contributed by atoms with Crippen molar-refractivity contribution in [1.82, 2.24) is 10.6 Å². The molecule has 2 aliphatic heterocycles. The van der Waals surface area contributed by atoms with Crippen molar-refractivity contribution >= 4 is 29.4 Å². The van der Waals surface area contributed by atoms with E-state index in [1.165, 1.54) is 12.0 Å². The summed E-state index contributed by atoms with van der Waals surface area (Å²) in [6, 6.07) is 9.46. The fraction of sp³-hybridized carbons (Fsp3) is 0.385. The van der Waals surface area contributed by atoms with Crippen LogP contribution < -0.4 is 20.3 Å². The summed E-state index contributed by atoms with van der Waals surface area (Å²) in [7, 11) is 1.46. The minimum absolute atomic E-state index is 0.231. The highest BCUT2D eigenvalue weighted by molar-refractivity contribution is 6.07. The van der Waals surface area contributed by atoms with Gasteiger partial charge in [0.25, 0.3) is 5.91 Å². The number of nitrogens with zero attached hydrogens (tertiary/aromatic N) is 1. The van der Waals surface area contributed by atoms with Gasteiger partial charge in [-0.1, -0.05) is 44.2 Å². The number of carbonyl (C=O) groups excluding carboxylic acids is 3. The van der Waals surface area contributed by atoms with Gasteiger partial charge in [-0.2, -0.15) is 0 Å². The van der Waals surface area contributed by atoms with Crippen molar-refractivity contribution in [1.29, 1.82) is 0 Å². The van der Waals surface area contributed by atoms with Crippen LogP contribution in [-0.4, -0.2) is 54.0 Å². The summed E-state index contributed by atoms with van der Waals surface area (Å²) in [5.74, 6) is -2.39. The molecule has 0 spiro atoms. The molecule has 2 aromatic rings. The highest BCUT2D eigenvalue weighted by atomic mass is 16.5. The first-order valence-electron chi connectivity index (χ1n) is 11.6. The number of carboxylic acids is 1. The third kappa shape index (κ3) is 4.58. The Morgan fingerprint density at radius 2 is 1.80 bits per heavy atom. The third-order valence-electron chi connectivity index (χ3n) is 6.60. The fourth-order valence-electron chi connectivity index (χ4n) is 4.81. The lowest BCUT2D eigenvalue weighted by atomic mass is 9.99. The first-order chi connectivity index (χ1) is 16.7. The van der Waals surface area contributed by atoms with E-state index in [1.807, 2.05) is 18.2 Å². The molecule has 0 unspecified atom stereocenters. The second-order valence-electron chi connectivity index (χ2n) is 9.19. The van der Waals surface area contributed by atoms with Gasteiger partial charge in [-0.25, -0.2) is 4.79 Å². The number of rotatable bonds is 7. The Morgan fingerprint density at radius 3 is 2.49 bits per heavy atom. The van der Waals surface area contributed by atoms with Crippen molar-refractivity contribution in [2.75, 3.05) is 12.0 Å². The van der Waals surface area contributed by atoms with Crippen LogP contribution in [-0.2, 0) is 27.2 Å². The van der Waals surface area contributed by atoms with Gasteiger partial charge in [-0.05, 0) is 42.0 Å². The van der Waals surface area contributed by atoms with Gasteiger partial charge in [0.15, 0.2) is 0 Å². The number of methoxy groups -OCH3 is 1. The van der Waals surface area contributed by atoms with E-state index in [-0.39, 0.29) is 12.3 Å². The number of carbonyl (C=O) groups is 4. The lowest BCUT2D eigenvalue weighted by molar-refractivity contribution is -0.140. The monoisotopic (exact) mass is 479 g/mol. The van der Waals surface area contributed by atoms with Crippen LogP contribution in [0.1, 0.15) is 41.8 Å². The molecule has 0 fully saturated rings. The maximum atomic E-state index is 13.5. The molecule has 35 heavy (non-hydrogen) atoms. The Hall–Kier alpha value is -3.88. The van der Waals surface area contributed by atoms with Crippen LogP contribution in [0.4, 0.5) is 5.69 Å². The summed E-state index contributed by atoms with van der Waals surface area (Å²) in [5, 5.41) is 15.3. The molecule has 184 valence electrons. The van der Waals surface area contributed by atoms with Crippen LogP contribution in [0.2, 0.25) is 0 Å². The molecule has 0 radical (unpaired) electrons. The van der Waals surface area contributed by atoms with E-state index in [0.29, 0.717) is 29.8 Å². The summed E-state index contributed by atoms with van der Waals surface area (Å²) in [6.07, 6.45) is 1.08. The van der Waals surface area contributed by atoms with E-state index in [0.717, 1.165) is 11.1 Å². The normalized spacial score (nSPS) is 19.5. The number of para-hydroxylation sites is 2. The lowest BCUT2D eigenvalue weighted by Crippen LogP contribution is -2.57. The summed E-state index contributed by atoms with van der Waals surface area (Å²) >= 11 is 0. The summed E-state index contributed by atoms with van der Waals surface area (Å²) in [4.78, 5) is 52.9. The summed E-state index contributed by atoms with van der Waals surface area (Å²) in [5.41, 5.74) is 2.65. The minimum atomic E-state index is -1.09. The Bertz CT molecular complexity index is 1180. The number of amides is 3. The van der Waals surface area contributed by atoms with E-state index in [1.54, 1.807) is 38.1 Å². The number of aliphatic carboxylic acids is 1. The number of nitrogens with one attached hydrogen (secondary N) is 2. The number of hydrogen-bond donors (Lipinski definition) is 3. The van der Waals surface area contributed by atoms with Gasteiger partial charge in [-0.15, -0.1) is 0 Å². The molecular weight excluding hydrogens is 450 g/mol. The molecule has 0 aliphatic carbocycles. The second kappa shape index (κ2) is 9.77. The molecule has 3 atom stereocenters. The largest absolute Gasteiger partial charge is 0.496 e. The van der Waals surface area contributed by atoms with Crippen LogP contribution in [0, 0.1) is 5.92 Å². The Labute approximate surface area is 203 Å². The maximum absolute atomic E-state index is 13.5. The van der Waals surface area contributed by atoms with E-state index in [4.69, 9.17) is 4.74 Å². The van der Waals surface area contributed by atoms with Gasteiger partial charge < -0.3 is 20.5 Å². The highest BCUT2D eigenvalue weighted by Crippen LogP contribution is 2.39. The van der Waals surface area contributed by atoms with Crippen LogP contribution in [0.5, 0.6) is 5.75 Å². The molecule has 3 N–H and O–H groups in total. The predicted octanol–water partition coefficient (Wildman–Crippen LogP) is 1.92. The van der Waals surface area contributed by atoms with Gasteiger partial charge in [0.1, 0.15) is 23.9 Å². The predicted molar refractivity (Wildman–Crippen MR) is 128 cm³/mol. The van der Waals surface area contributed by atoms with Crippen molar-refractivity contribution in [3.05, 3.63) is 59.2 Å². The molecule has 4 rings (SSSR count). The molecular formula is C26H29N3O6. The zero-order valence-corrected chi connectivity index (χ0v) is 19.9. The van der Waals surface area contributed by atoms with Crippen LogP contribution >= 0.6 is 0 Å². The molecule has 9 heteroatoms. The quantitative estimate of drug-likeness (QED) is 0.557. The molecule has 2 aromatic carbocycles. The Balaban J connectivity index is 1.55. The van der Waals surface area contributed by atoms with Crippen molar-refractivity contribution in [3.63, 3.8) is 0 Å². The second-order valence-corrected chi connectivity index (χ2v) is 9.19. The summed E-state index contributed by atoms with van der Waals surface area (Å²) in [6.45, 7) is 3.59.